The lowest BCUT2D eigenvalue weighted by molar-refractivity contribution is 0.559. The Hall–Kier alpha value is 0.380. The van der Waals surface area contributed by atoms with Gasteiger partial charge in [0, 0.05) is 20.4 Å². The van der Waals surface area contributed by atoms with Crippen LogP contribution in [-0.2, 0) is 10.0 Å². The van der Waals surface area contributed by atoms with Crippen molar-refractivity contribution in [3.63, 3.8) is 0 Å². The Balaban J connectivity index is 2.39. The Morgan fingerprint density at radius 3 is 2.44 bits per heavy atom. The molecule has 2 rings (SSSR count). The molecule has 1 fully saturated rings. The first-order chi connectivity index (χ1) is 8.30. The van der Waals surface area contributed by atoms with Gasteiger partial charge < -0.3 is 0 Å². The van der Waals surface area contributed by atoms with Gasteiger partial charge in [-0.1, -0.05) is 15.9 Å². The minimum Gasteiger partial charge on any atom is -0.207 e. The molecule has 1 aliphatic carbocycles. The fraction of sp³-hybridized carbons (Fsp3) is 0.455. The first-order valence-electron chi connectivity index (χ1n) is 5.35. The number of rotatable bonds is 4. The maximum Gasteiger partial charge on any atom is 0.242 e. The molecule has 0 atom stereocenters. The zero-order chi connectivity index (χ0) is 13.6. The molecule has 3 nitrogen and oxygen atoms in total. The maximum absolute atomic E-state index is 12.3. The summed E-state index contributed by atoms with van der Waals surface area (Å²) in [4.78, 5) is 0.233. The highest BCUT2D eigenvalue weighted by Crippen LogP contribution is 2.39. The predicted octanol–water partition coefficient (Wildman–Crippen LogP) is 3.57. The van der Waals surface area contributed by atoms with E-state index in [2.05, 4.69) is 36.6 Å². The van der Waals surface area contributed by atoms with Crippen LogP contribution in [0.5, 0.6) is 0 Å². The number of halogens is 3. The van der Waals surface area contributed by atoms with Crippen LogP contribution in [0.1, 0.15) is 18.4 Å². The van der Waals surface area contributed by atoms with Crippen molar-refractivity contribution < 1.29 is 8.42 Å². The van der Waals surface area contributed by atoms with Crippen LogP contribution < -0.4 is 4.72 Å². The summed E-state index contributed by atoms with van der Waals surface area (Å²) < 4.78 is 28.6. The van der Waals surface area contributed by atoms with Gasteiger partial charge in [0.2, 0.25) is 10.0 Å². The molecule has 0 amide bonds. The van der Waals surface area contributed by atoms with Crippen LogP contribution in [0.2, 0.25) is 0 Å². The Kier molecular flexibility index (Phi) is 4.15. The summed E-state index contributed by atoms with van der Waals surface area (Å²) in [7, 11) is -3.55. The molecular weight excluding hydrogens is 405 g/mol. The van der Waals surface area contributed by atoms with Crippen molar-refractivity contribution in [3.8, 4) is 0 Å². The van der Waals surface area contributed by atoms with E-state index in [9.17, 15) is 8.42 Å². The Morgan fingerprint density at radius 1 is 1.33 bits per heavy atom. The summed E-state index contributed by atoms with van der Waals surface area (Å²) in [5.41, 5.74) is 0.524. The number of alkyl halides is 1. The van der Waals surface area contributed by atoms with Crippen LogP contribution in [0, 0.1) is 6.92 Å². The van der Waals surface area contributed by atoms with E-state index in [0.717, 1.165) is 22.9 Å². The summed E-state index contributed by atoms with van der Waals surface area (Å²) in [6, 6.07) is 3.38. The van der Waals surface area contributed by atoms with Crippen molar-refractivity contribution >= 4 is 53.5 Å². The second-order valence-corrected chi connectivity index (χ2v) is 8.18. The van der Waals surface area contributed by atoms with Crippen LogP contribution >= 0.6 is 43.5 Å². The molecule has 7 heteroatoms. The monoisotopic (exact) mass is 415 g/mol. The third-order valence-corrected chi connectivity index (χ3v) is 6.87. The molecule has 100 valence electrons. The minimum absolute atomic E-state index is 0.233. The Morgan fingerprint density at radius 2 is 1.94 bits per heavy atom. The summed E-state index contributed by atoms with van der Waals surface area (Å²) in [5, 5.41) is 0. The lowest BCUT2D eigenvalue weighted by atomic mass is 10.2. The minimum atomic E-state index is -3.55. The summed E-state index contributed by atoms with van der Waals surface area (Å²) in [5.74, 6) is 0.302. The summed E-state index contributed by atoms with van der Waals surface area (Å²) in [6.07, 6.45) is 1.58. The van der Waals surface area contributed by atoms with E-state index in [4.69, 9.17) is 11.6 Å². The lowest BCUT2D eigenvalue weighted by Crippen LogP contribution is -2.38. The molecule has 0 unspecified atom stereocenters. The number of hydrogen-bond donors (Lipinski definition) is 1. The zero-order valence-corrected chi connectivity index (χ0v) is 14.4. The second kappa shape index (κ2) is 5.05. The van der Waals surface area contributed by atoms with Gasteiger partial charge in [-0.3, -0.25) is 0 Å². The van der Waals surface area contributed by atoms with Gasteiger partial charge in [-0.05, 0) is 53.4 Å². The van der Waals surface area contributed by atoms with Crippen LogP contribution in [0.25, 0.3) is 0 Å². The molecule has 1 N–H and O–H groups in total. The van der Waals surface area contributed by atoms with Crippen molar-refractivity contribution in [1.29, 1.82) is 0 Å². The quantitative estimate of drug-likeness (QED) is 0.762. The Bertz CT molecular complexity index is 585. The van der Waals surface area contributed by atoms with E-state index in [-0.39, 0.29) is 4.90 Å². The van der Waals surface area contributed by atoms with E-state index in [0.29, 0.717) is 10.4 Å². The van der Waals surface area contributed by atoms with Gasteiger partial charge >= 0.3 is 0 Å². The number of aryl methyl sites for hydroxylation is 1. The number of benzene rings is 1. The zero-order valence-electron chi connectivity index (χ0n) is 9.63. The molecule has 0 heterocycles. The first-order valence-corrected chi connectivity index (χ1v) is 8.96. The largest absolute Gasteiger partial charge is 0.242 e. The molecular formula is C11H12Br2ClNO2S. The number of sulfonamides is 1. The van der Waals surface area contributed by atoms with Gasteiger partial charge in [-0.2, -0.15) is 0 Å². The number of nitrogens with one attached hydrogen (secondary N) is 1. The highest BCUT2D eigenvalue weighted by Gasteiger charge is 2.45. The molecule has 1 aliphatic rings. The topological polar surface area (TPSA) is 46.2 Å². The highest BCUT2D eigenvalue weighted by atomic mass is 79.9. The van der Waals surface area contributed by atoms with Crippen LogP contribution in [0.3, 0.4) is 0 Å². The maximum atomic E-state index is 12.3. The molecule has 1 aromatic carbocycles. The van der Waals surface area contributed by atoms with E-state index < -0.39 is 15.6 Å². The van der Waals surface area contributed by atoms with Gasteiger partial charge in [-0.25, -0.2) is 13.1 Å². The van der Waals surface area contributed by atoms with Crippen molar-refractivity contribution in [2.24, 2.45) is 0 Å². The molecule has 0 aromatic heterocycles. The third kappa shape index (κ3) is 2.93. The van der Waals surface area contributed by atoms with Crippen LogP contribution in [0.4, 0.5) is 0 Å². The van der Waals surface area contributed by atoms with Crippen LogP contribution in [-0.4, -0.2) is 19.8 Å². The van der Waals surface area contributed by atoms with E-state index in [1.54, 1.807) is 12.1 Å². The van der Waals surface area contributed by atoms with Gasteiger partial charge in [0.1, 0.15) is 0 Å². The molecule has 0 bridgehead atoms. The Labute approximate surface area is 129 Å². The highest BCUT2D eigenvalue weighted by molar-refractivity contribution is 9.11. The van der Waals surface area contributed by atoms with E-state index >= 15 is 0 Å². The summed E-state index contributed by atoms with van der Waals surface area (Å²) >= 11 is 12.4. The van der Waals surface area contributed by atoms with Gasteiger partial charge in [0.15, 0.2) is 0 Å². The van der Waals surface area contributed by atoms with Gasteiger partial charge in [-0.15, -0.1) is 11.6 Å². The molecule has 0 radical (unpaired) electrons. The number of hydrogen-bond acceptors (Lipinski definition) is 2. The molecule has 1 aromatic rings. The van der Waals surface area contributed by atoms with Crippen molar-refractivity contribution in [3.05, 3.63) is 26.6 Å². The standard InChI is InChI=1S/C11H12Br2ClNO2S/c1-7-4-9(13)10(5-8(7)12)18(16,17)15-11(6-14)2-3-11/h4-5,15H,2-3,6H2,1H3. The van der Waals surface area contributed by atoms with Gasteiger partial charge in [0.25, 0.3) is 0 Å². The first kappa shape index (κ1) is 14.8. The average molecular weight is 418 g/mol. The van der Waals surface area contributed by atoms with Crippen LogP contribution in [0.15, 0.2) is 26.0 Å². The third-order valence-electron chi connectivity index (χ3n) is 2.96. The van der Waals surface area contributed by atoms with Gasteiger partial charge in [0.05, 0.1) is 4.90 Å². The average Bonchev–Trinajstić information content (AvgIpc) is 3.03. The molecule has 0 aliphatic heterocycles. The normalized spacial score (nSPS) is 17.8. The molecule has 1 saturated carbocycles. The SMILES string of the molecule is Cc1cc(Br)c(S(=O)(=O)NC2(CCl)CC2)cc1Br. The van der Waals surface area contributed by atoms with Crippen molar-refractivity contribution in [2.45, 2.75) is 30.2 Å². The van der Waals surface area contributed by atoms with Crippen molar-refractivity contribution in [1.82, 2.24) is 4.72 Å². The molecule has 0 saturated heterocycles. The summed E-state index contributed by atoms with van der Waals surface area (Å²) in [6.45, 7) is 1.90. The predicted molar refractivity (Wildman–Crippen MR) is 79.6 cm³/mol. The van der Waals surface area contributed by atoms with Crippen molar-refractivity contribution in [2.75, 3.05) is 5.88 Å². The molecule has 18 heavy (non-hydrogen) atoms. The molecule has 0 spiro atoms. The van der Waals surface area contributed by atoms with E-state index in [1.165, 1.54) is 0 Å². The smallest absolute Gasteiger partial charge is 0.207 e. The van der Waals surface area contributed by atoms with E-state index in [1.807, 2.05) is 6.92 Å². The fourth-order valence-electron chi connectivity index (χ4n) is 1.59. The second-order valence-electron chi connectivity index (χ2n) is 4.55. The fourth-order valence-corrected chi connectivity index (χ4v) is 5.14. The lowest BCUT2D eigenvalue weighted by Gasteiger charge is -2.16.